The molecular formula is C21H19N7O2S. The minimum atomic E-state index is 0.174. The first kappa shape index (κ1) is 18.2. The number of nitrogens with one attached hydrogen (secondary N) is 2. The van der Waals surface area contributed by atoms with E-state index in [4.69, 9.17) is 4.74 Å². The van der Waals surface area contributed by atoms with Gasteiger partial charge in [0, 0.05) is 36.0 Å². The van der Waals surface area contributed by atoms with Crippen LogP contribution in [0.5, 0.6) is 5.88 Å². The molecule has 0 saturated carbocycles. The van der Waals surface area contributed by atoms with Gasteiger partial charge in [0.25, 0.3) is 0 Å². The normalized spacial score (nSPS) is 14.5. The second-order valence-corrected chi connectivity index (χ2v) is 8.34. The van der Waals surface area contributed by atoms with E-state index in [2.05, 4.69) is 42.4 Å². The fourth-order valence-corrected chi connectivity index (χ4v) is 4.86. The maximum absolute atomic E-state index is 9.94. The lowest BCUT2D eigenvalue weighted by atomic mass is 10.2. The molecule has 156 valence electrons. The fraction of sp³-hybridized carbons (Fsp3) is 0.190. The van der Waals surface area contributed by atoms with E-state index in [0.717, 1.165) is 52.6 Å². The van der Waals surface area contributed by atoms with E-state index in [1.807, 2.05) is 18.2 Å². The Morgan fingerprint density at radius 2 is 1.97 bits per heavy atom. The maximum atomic E-state index is 9.94. The zero-order valence-corrected chi connectivity index (χ0v) is 17.3. The predicted octanol–water partition coefficient (Wildman–Crippen LogP) is 3.62. The third-order valence-electron chi connectivity index (χ3n) is 5.40. The van der Waals surface area contributed by atoms with Crippen molar-refractivity contribution in [3.8, 4) is 16.5 Å². The third-order valence-corrected chi connectivity index (χ3v) is 6.58. The van der Waals surface area contributed by atoms with Gasteiger partial charge in [0.1, 0.15) is 12.0 Å². The highest BCUT2D eigenvalue weighted by atomic mass is 32.1. The van der Waals surface area contributed by atoms with E-state index in [1.165, 1.54) is 23.4 Å². The van der Waals surface area contributed by atoms with Crippen LogP contribution in [0.1, 0.15) is 0 Å². The van der Waals surface area contributed by atoms with Gasteiger partial charge in [-0.1, -0.05) is 0 Å². The topological polar surface area (TPSA) is 104 Å². The molecule has 1 aromatic carbocycles. The number of nitrogens with zero attached hydrogens (tertiary/aromatic N) is 5. The maximum Gasteiger partial charge on any atom is 0.206 e. The largest absolute Gasteiger partial charge is 0.494 e. The Balaban J connectivity index is 1.30. The summed E-state index contributed by atoms with van der Waals surface area (Å²) in [6.07, 6.45) is 5.08. The number of ether oxygens (including phenoxy) is 1. The molecule has 4 aromatic heterocycles. The molecule has 3 N–H and O–H groups in total. The van der Waals surface area contributed by atoms with Crippen molar-refractivity contribution < 1.29 is 9.84 Å². The van der Waals surface area contributed by atoms with Gasteiger partial charge in [0.15, 0.2) is 11.5 Å². The van der Waals surface area contributed by atoms with E-state index in [1.54, 1.807) is 16.9 Å². The number of aromatic amines is 1. The summed E-state index contributed by atoms with van der Waals surface area (Å²) < 4.78 is 8.00. The molecule has 0 amide bonds. The first-order valence-electron chi connectivity index (χ1n) is 9.95. The number of hydrogen-bond donors (Lipinski definition) is 3. The van der Waals surface area contributed by atoms with E-state index in [0.29, 0.717) is 11.5 Å². The molecular weight excluding hydrogens is 414 g/mol. The Bertz CT molecular complexity index is 1370. The average Bonchev–Trinajstić information content (AvgIpc) is 3.53. The zero-order chi connectivity index (χ0) is 20.8. The minimum absolute atomic E-state index is 0.174. The molecule has 0 unspecified atom stereocenters. The standard InChI is InChI=1S/C21H19N7O2S/c29-21-18-13(10-23-21)9-17(31-18)16-11-22-19(20-24-12-25-28(16)20)26-14-1-3-15(4-2-14)27-5-7-30-8-6-27/h1-4,9-12,23,29H,5-8H2,(H,22,26). The number of hydrogen-bond acceptors (Lipinski definition) is 8. The van der Waals surface area contributed by atoms with Gasteiger partial charge in [-0.15, -0.1) is 11.3 Å². The van der Waals surface area contributed by atoms with Crippen molar-refractivity contribution >= 4 is 44.3 Å². The van der Waals surface area contributed by atoms with Gasteiger partial charge in [0.05, 0.1) is 29.0 Å². The van der Waals surface area contributed by atoms with Crippen molar-refractivity contribution in [1.82, 2.24) is 24.6 Å². The molecule has 0 spiro atoms. The van der Waals surface area contributed by atoms with Crippen LogP contribution < -0.4 is 10.2 Å². The number of thiophene rings is 1. The molecule has 6 rings (SSSR count). The van der Waals surface area contributed by atoms with Gasteiger partial charge in [-0.3, -0.25) is 0 Å². The van der Waals surface area contributed by atoms with Gasteiger partial charge >= 0.3 is 0 Å². The molecule has 5 heterocycles. The lowest BCUT2D eigenvalue weighted by Crippen LogP contribution is -2.36. The highest BCUT2D eigenvalue weighted by Gasteiger charge is 2.16. The fourth-order valence-electron chi connectivity index (χ4n) is 3.82. The summed E-state index contributed by atoms with van der Waals surface area (Å²) in [6, 6.07) is 10.3. The number of benzene rings is 1. The van der Waals surface area contributed by atoms with Gasteiger partial charge < -0.3 is 25.0 Å². The molecule has 10 heteroatoms. The Morgan fingerprint density at radius 3 is 2.77 bits per heavy atom. The summed E-state index contributed by atoms with van der Waals surface area (Å²) in [7, 11) is 0. The first-order chi connectivity index (χ1) is 15.3. The molecule has 1 saturated heterocycles. The monoisotopic (exact) mass is 433 g/mol. The Kier molecular flexibility index (Phi) is 4.25. The first-order valence-corrected chi connectivity index (χ1v) is 10.8. The molecule has 31 heavy (non-hydrogen) atoms. The van der Waals surface area contributed by atoms with E-state index in [-0.39, 0.29) is 5.88 Å². The number of rotatable bonds is 4. The Hall–Kier alpha value is -3.63. The number of fused-ring (bicyclic) bond motifs is 2. The van der Waals surface area contributed by atoms with Crippen molar-refractivity contribution in [2.45, 2.75) is 0 Å². The van der Waals surface area contributed by atoms with E-state index >= 15 is 0 Å². The average molecular weight is 433 g/mol. The quantitative estimate of drug-likeness (QED) is 0.398. The summed E-state index contributed by atoms with van der Waals surface area (Å²) in [5, 5.41) is 18.6. The number of H-pyrrole nitrogens is 1. The minimum Gasteiger partial charge on any atom is -0.494 e. The third kappa shape index (κ3) is 3.16. The van der Waals surface area contributed by atoms with Crippen LogP contribution in [0.3, 0.4) is 0 Å². The summed E-state index contributed by atoms with van der Waals surface area (Å²) >= 11 is 1.48. The summed E-state index contributed by atoms with van der Waals surface area (Å²) in [6.45, 7) is 3.35. The molecule has 0 radical (unpaired) electrons. The van der Waals surface area contributed by atoms with Gasteiger partial charge in [-0.25, -0.2) is 14.5 Å². The molecule has 0 atom stereocenters. The van der Waals surface area contributed by atoms with Crippen molar-refractivity contribution in [1.29, 1.82) is 0 Å². The van der Waals surface area contributed by atoms with Crippen molar-refractivity contribution in [3.63, 3.8) is 0 Å². The molecule has 1 aliphatic heterocycles. The summed E-state index contributed by atoms with van der Waals surface area (Å²) in [5.74, 6) is 0.806. The molecule has 1 aliphatic rings. The predicted molar refractivity (Wildman–Crippen MR) is 120 cm³/mol. The highest BCUT2D eigenvalue weighted by Crippen LogP contribution is 2.38. The zero-order valence-electron chi connectivity index (χ0n) is 16.4. The van der Waals surface area contributed by atoms with Gasteiger partial charge in [-0.2, -0.15) is 5.10 Å². The van der Waals surface area contributed by atoms with Gasteiger partial charge in [-0.05, 0) is 30.3 Å². The summed E-state index contributed by atoms with van der Waals surface area (Å²) in [5.41, 5.74) is 3.57. The van der Waals surface area contributed by atoms with E-state index < -0.39 is 0 Å². The van der Waals surface area contributed by atoms with Crippen molar-refractivity contribution in [2.24, 2.45) is 0 Å². The number of aromatic hydroxyl groups is 1. The molecule has 9 nitrogen and oxygen atoms in total. The number of aromatic nitrogens is 5. The molecule has 0 bridgehead atoms. The number of morpholine rings is 1. The Labute approximate surface area is 180 Å². The SMILES string of the molecule is Oc1[nH]cc2cc(-c3cnc(Nc4ccc(N5CCOCC5)cc4)c4ncnn34)sc12. The van der Waals surface area contributed by atoms with Crippen LogP contribution in [-0.2, 0) is 4.74 Å². The smallest absolute Gasteiger partial charge is 0.206 e. The lowest BCUT2D eigenvalue weighted by molar-refractivity contribution is 0.122. The summed E-state index contributed by atoms with van der Waals surface area (Å²) in [4.78, 5) is 15.1. The van der Waals surface area contributed by atoms with Crippen LogP contribution in [0.15, 0.2) is 49.1 Å². The van der Waals surface area contributed by atoms with Gasteiger partial charge in [0.2, 0.25) is 5.88 Å². The van der Waals surface area contributed by atoms with Crippen LogP contribution in [0, 0.1) is 0 Å². The van der Waals surface area contributed by atoms with Crippen LogP contribution in [0.2, 0.25) is 0 Å². The second-order valence-electron chi connectivity index (χ2n) is 7.29. The molecule has 1 fully saturated rings. The van der Waals surface area contributed by atoms with Crippen molar-refractivity contribution in [3.05, 3.63) is 49.1 Å². The van der Waals surface area contributed by atoms with E-state index in [9.17, 15) is 5.11 Å². The van der Waals surface area contributed by atoms with Crippen LogP contribution in [0.4, 0.5) is 17.2 Å². The van der Waals surface area contributed by atoms with Crippen LogP contribution in [0.25, 0.3) is 26.3 Å². The Morgan fingerprint density at radius 1 is 1.13 bits per heavy atom. The molecule has 5 aromatic rings. The second kappa shape index (κ2) is 7.25. The highest BCUT2D eigenvalue weighted by molar-refractivity contribution is 7.22. The lowest BCUT2D eigenvalue weighted by Gasteiger charge is -2.28. The molecule has 0 aliphatic carbocycles. The van der Waals surface area contributed by atoms with Crippen LogP contribution in [-0.4, -0.2) is 56.0 Å². The number of anilines is 3. The van der Waals surface area contributed by atoms with Crippen LogP contribution >= 0.6 is 11.3 Å². The van der Waals surface area contributed by atoms with Crippen molar-refractivity contribution in [2.75, 3.05) is 36.5 Å².